The molecule has 0 aliphatic rings. The summed E-state index contributed by atoms with van der Waals surface area (Å²) in [4.78, 5) is 16.8. The van der Waals surface area contributed by atoms with Crippen molar-refractivity contribution in [2.45, 2.75) is 26.4 Å². The second kappa shape index (κ2) is 5.21. The second-order valence-corrected chi connectivity index (χ2v) is 6.78. The summed E-state index contributed by atoms with van der Waals surface area (Å²) >= 11 is 1.44. The summed E-state index contributed by atoms with van der Waals surface area (Å²) in [6.45, 7) is 5.43. The molecule has 0 fully saturated rings. The highest BCUT2D eigenvalue weighted by Crippen LogP contribution is 2.30. The van der Waals surface area contributed by atoms with Crippen molar-refractivity contribution in [3.63, 3.8) is 0 Å². The zero-order valence-corrected chi connectivity index (χ0v) is 13.3. The average Bonchev–Trinajstić information content (AvgIpc) is 2.97. The van der Waals surface area contributed by atoms with Crippen LogP contribution < -0.4 is 0 Å². The van der Waals surface area contributed by atoms with Crippen molar-refractivity contribution in [2.24, 2.45) is 0 Å². The molecule has 1 aromatic carbocycles. The van der Waals surface area contributed by atoms with Gasteiger partial charge in [-0.1, -0.05) is 0 Å². The van der Waals surface area contributed by atoms with Crippen molar-refractivity contribution >= 4 is 27.8 Å². The predicted molar refractivity (Wildman–Crippen MR) is 84.6 cm³/mol. The van der Waals surface area contributed by atoms with Gasteiger partial charge in [0.05, 0.1) is 15.9 Å². The topological polar surface area (TPSA) is 44.1 Å². The molecule has 0 spiro atoms. The summed E-state index contributed by atoms with van der Waals surface area (Å²) in [5.74, 6) is -0.320. The molecule has 0 saturated heterocycles. The van der Waals surface area contributed by atoms with E-state index in [9.17, 15) is 9.18 Å². The second-order valence-electron chi connectivity index (χ2n) is 5.89. The number of aromatic nitrogens is 2. The number of benzene rings is 1. The van der Waals surface area contributed by atoms with Crippen LogP contribution in [0.5, 0.6) is 0 Å². The van der Waals surface area contributed by atoms with Gasteiger partial charge in [-0.15, -0.1) is 11.3 Å². The predicted octanol–water partition coefficient (Wildman–Crippen LogP) is 4.69. The van der Waals surface area contributed by atoms with E-state index >= 15 is 0 Å². The largest absolute Gasteiger partial charge is 0.443 e. The smallest absolute Gasteiger partial charge is 0.420 e. The van der Waals surface area contributed by atoms with Gasteiger partial charge in [-0.2, -0.15) is 0 Å². The highest BCUT2D eigenvalue weighted by Gasteiger charge is 2.24. The lowest BCUT2D eigenvalue weighted by Gasteiger charge is -2.20. The molecule has 0 atom stereocenters. The van der Waals surface area contributed by atoms with E-state index in [0.717, 1.165) is 10.3 Å². The minimum atomic E-state index is -0.607. The van der Waals surface area contributed by atoms with Gasteiger partial charge in [0, 0.05) is 0 Å². The van der Waals surface area contributed by atoms with Crippen LogP contribution in [0.1, 0.15) is 20.8 Å². The molecule has 0 aliphatic heterocycles. The molecular weight excluding hydrogens is 303 g/mol. The van der Waals surface area contributed by atoms with E-state index < -0.39 is 11.7 Å². The van der Waals surface area contributed by atoms with Gasteiger partial charge in [0.1, 0.15) is 11.4 Å². The van der Waals surface area contributed by atoms with Crippen LogP contribution in [0.25, 0.3) is 21.6 Å². The monoisotopic (exact) mass is 318 g/mol. The Morgan fingerprint density at radius 3 is 2.59 bits per heavy atom. The maximum absolute atomic E-state index is 13.1. The van der Waals surface area contributed by atoms with Gasteiger partial charge in [0.15, 0.2) is 5.65 Å². The molecule has 3 aromatic rings. The third-order valence-corrected chi connectivity index (χ3v) is 3.78. The number of fused-ring (bicyclic) bond motifs is 1. The van der Waals surface area contributed by atoms with E-state index in [1.54, 1.807) is 17.6 Å². The molecule has 0 aliphatic carbocycles. The number of carbonyl (C=O) groups is 1. The maximum Gasteiger partial charge on any atom is 0.420 e. The lowest BCUT2D eigenvalue weighted by molar-refractivity contribution is 0.0546. The number of halogens is 1. The van der Waals surface area contributed by atoms with Gasteiger partial charge < -0.3 is 4.74 Å². The van der Waals surface area contributed by atoms with Crippen molar-refractivity contribution < 1.29 is 13.9 Å². The van der Waals surface area contributed by atoms with Crippen molar-refractivity contribution in [3.8, 4) is 11.3 Å². The SMILES string of the molecule is CC(C)(C)OC(=O)n1c(-c2ccc(F)cc2)cc2scnc21. The maximum atomic E-state index is 13.1. The third-order valence-electron chi connectivity index (χ3n) is 3.01. The molecule has 0 saturated carbocycles. The molecule has 3 rings (SSSR count). The van der Waals surface area contributed by atoms with Gasteiger partial charge in [0.2, 0.25) is 0 Å². The van der Waals surface area contributed by atoms with E-state index in [4.69, 9.17) is 4.74 Å². The summed E-state index contributed by atoms with van der Waals surface area (Å²) in [7, 11) is 0. The van der Waals surface area contributed by atoms with Crippen molar-refractivity contribution in [3.05, 3.63) is 41.7 Å². The number of nitrogens with zero attached hydrogens (tertiary/aromatic N) is 2. The van der Waals surface area contributed by atoms with Gasteiger partial charge >= 0.3 is 6.09 Å². The minimum absolute atomic E-state index is 0.320. The standard InChI is InChI=1S/C16H15FN2O2S/c1-16(2,3)21-15(20)19-12(8-13-14(19)18-9-22-13)10-4-6-11(17)7-5-10/h4-9H,1-3H3. The molecule has 6 heteroatoms. The average molecular weight is 318 g/mol. The van der Waals surface area contributed by atoms with Crippen molar-refractivity contribution in [1.29, 1.82) is 0 Å². The molecule has 0 radical (unpaired) electrons. The Labute approximate surface area is 131 Å². The van der Waals surface area contributed by atoms with Crippen LogP contribution in [0.2, 0.25) is 0 Å². The third kappa shape index (κ3) is 2.74. The molecule has 4 nitrogen and oxygen atoms in total. The van der Waals surface area contributed by atoms with Crippen LogP contribution in [0.4, 0.5) is 9.18 Å². The van der Waals surface area contributed by atoms with Crippen LogP contribution >= 0.6 is 11.3 Å². The Kier molecular flexibility index (Phi) is 3.48. The summed E-state index contributed by atoms with van der Waals surface area (Å²) in [6.07, 6.45) is -0.493. The summed E-state index contributed by atoms with van der Waals surface area (Å²) in [6, 6.07) is 7.86. The normalized spacial score (nSPS) is 11.8. The number of ether oxygens (including phenoxy) is 1. The molecular formula is C16H15FN2O2S. The molecule has 2 heterocycles. The first-order valence-electron chi connectivity index (χ1n) is 6.79. The first-order chi connectivity index (χ1) is 10.3. The number of hydrogen-bond acceptors (Lipinski definition) is 4. The van der Waals surface area contributed by atoms with Gasteiger partial charge in [-0.3, -0.25) is 0 Å². The Bertz CT molecular complexity index is 828. The zero-order valence-electron chi connectivity index (χ0n) is 12.5. The van der Waals surface area contributed by atoms with Gasteiger partial charge in [0.25, 0.3) is 0 Å². The molecule has 0 N–H and O–H groups in total. The van der Waals surface area contributed by atoms with Gasteiger partial charge in [-0.25, -0.2) is 18.7 Å². The number of thiazole rings is 1. The Balaban J connectivity index is 2.14. The fraction of sp³-hybridized carbons (Fsp3) is 0.250. The number of rotatable bonds is 1. The quantitative estimate of drug-likeness (QED) is 0.654. The number of carbonyl (C=O) groups excluding carboxylic acids is 1. The molecule has 22 heavy (non-hydrogen) atoms. The van der Waals surface area contributed by atoms with Gasteiger partial charge in [-0.05, 0) is 56.7 Å². The van der Waals surface area contributed by atoms with Crippen LogP contribution in [-0.2, 0) is 4.74 Å². The lowest BCUT2D eigenvalue weighted by atomic mass is 10.1. The Morgan fingerprint density at radius 2 is 1.95 bits per heavy atom. The summed E-state index contributed by atoms with van der Waals surface area (Å²) in [5, 5.41) is 0. The zero-order chi connectivity index (χ0) is 15.9. The summed E-state index contributed by atoms with van der Waals surface area (Å²) in [5.41, 5.74) is 3.00. The van der Waals surface area contributed by atoms with Crippen LogP contribution in [0, 0.1) is 5.82 Å². The van der Waals surface area contributed by atoms with E-state index in [2.05, 4.69) is 4.98 Å². The van der Waals surface area contributed by atoms with Crippen molar-refractivity contribution in [2.75, 3.05) is 0 Å². The number of hydrogen-bond donors (Lipinski definition) is 0. The first kappa shape index (κ1) is 14.7. The molecule has 0 bridgehead atoms. The van der Waals surface area contributed by atoms with E-state index in [-0.39, 0.29) is 5.82 Å². The van der Waals surface area contributed by atoms with E-state index in [0.29, 0.717) is 11.3 Å². The molecule has 0 unspecified atom stereocenters. The Hall–Kier alpha value is -2.21. The molecule has 114 valence electrons. The fourth-order valence-corrected chi connectivity index (χ4v) is 2.84. The highest BCUT2D eigenvalue weighted by atomic mass is 32.1. The van der Waals surface area contributed by atoms with Crippen molar-refractivity contribution in [1.82, 2.24) is 9.55 Å². The molecule has 0 amide bonds. The Morgan fingerprint density at radius 1 is 1.27 bits per heavy atom. The molecule has 2 aromatic heterocycles. The minimum Gasteiger partial charge on any atom is -0.443 e. The first-order valence-corrected chi connectivity index (χ1v) is 7.67. The van der Waals surface area contributed by atoms with E-state index in [1.165, 1.54) is 28.0 Å². The van der Waals surface area contributed by atoms with Crippen LogP contribution in [-0.4, -0.2) is 21.2 Å². The highest BCUT2D eigenvalue weighted by molar-refractivity contribution is 7.16. The fourth-order valence-electron chi connectivity index (χ4n) is 2.14. The summed E-state index contributed by atoms with van der Waals surface area (Å²) < 4.78 is 20.9. The van der Waals surface area contributed by atoms with Crippen LogP contribution in [0.15, 0.2) is 35.8 Å². The van der Waals surface area contributed by atoms with Crippen LogP contribution in [0.3, 0.4) is 0 Å². The van der Waals surface area contributed by atoms with E-state index in [1.807, 2.05) is 26.8 Å². The lowest BCUT2D eigenvalue weighted by Crippen LogP contribution is -2.27.